The summed E-state index contributed by atoms with van der Waals surface area (Å²) >= 11 is 0. The van der Waals surface area contributed by atoms with E-state index in [1.807, 2.05) is 0 Å². The van der Waals surface area contributed by atoms with E-state index in [1.165, 1.54) is 0 Å². The Morgan fingerprint density at radius 1 is 0.810 bits per heavy atom. The summed E-state index contributed by atoms with van der Waals surface area (Å²) in [6.45, 7) is 0.398. The first-order valence-electron chi connectivity index (χ1n) is 5.12. The third-order valence-corrected chi connectivity index (χ3v) is 3.95. The highest BCUT2D eigenvalue weighted by molar-refractivity contribution is 7.54. The van der Waals surface area contributed by atoms with Crippen molar-refractivity contribution in [2.45, 2.75) is 44.6 Å². The Kier molecular flexibility index (Phi) is 6.19. The minimum atomic E-state index is -5.71. The molecule has 0 N–H and O–H groups in total. The highest BCUT2D eigenvalue weighted by Crippen LogP contribution is 2.56. The van der Waals surface area contributed by atoms with Gasteiger partial charge in [-0.15, -0.1) is 0 Å². The maximum atomic E-state index is 12.2. The molecule has 0 saturated carbocycles. The van der Waals surface area contributed by atoms with Crippen molar-refractivity contribution >= 4 is 7.60 Å². The molecule has 0 aromatic heterocycles. The highest BCUT2D eigenvalue weighted by atomic mass is 31.2. The maximum Gasteiger partial charge on any atom is 0.414 e. The molecule has 2 atom stereocenters. The minimum absolute atomic E-state index is 0.199. The molecule has 13 heteroatoms. The van der Waals surface area contributed by atoms with Gasteiger partial charge in [-0.2, -0.15) is 39.5 Å². The van der Waals surface area contributed by atoms with E-state index in [0.29, 0.717) is 0 Å². The van der Waals surface area contributed by atoms with Crippen molar-refractivity contribution < 1.29 is 53.1 Å². The van der Waals surface area contributed by atoms with E-state index >= 15 is 0 Å². The van der Waals surface area contributed by atoms with Gasteiger partial charge in [-0.3, -0.25) is 13.6 Å². The second kappa shape index (κ2) is 6.33. The zero-order chi connectivity index (χ0) is 17.3. The molecule has 0 aliphatic heterocycles. The van der Waals surface area contributed by atoms with Crippen LogP contribution in [-0.2, 0) is 13.6 Å². The van der Waals surface area contributed by atoms with E-state index in [4.69, 9.17) is 0 Å². The number of halogens is 9. The van der Waals surface area contributed by atoms with Gasteiger partial charge in [0.05, 0.1) is 0 Å². The van der Waals surface area contributed by atoms with Crippen LogP contribution in [0.25, 0.3) is 0 Å². The molecule has 21 heavy (non-hydrogen) atoms. The SMILES string of the molecule is CC(OP(=O)(CC(F)(F)F)OC(C)C(F)(F)F)C(F)(F)F. The van der Waals surface area contributed by atoms with Crippen molar-refractivity contribution in [3.8, 4) is 0 Å². The van der Waals surface area contributed by atoms with Gasteiger partial charge in [-0.1, -0.05) is 0 Å². The fourth-order valence-corrected chi connectivity index (χ4v) is 2.76. The smallest absolute Gasteiger partial charge is 0.296 e. The molecular weight excluding hydrogens is 346 g/mol. The molecule has 0 spiro atoms. The van der Waals surface area contributed by atoms with Gasteiger partial charge in [-0.05, 0) is 13.8 Å². The van der Waals surface area contributed by atoms with Gasteiger partial charge in [-0.25, -0.2) is 0 Å². The van der Waals surface area contributed by atoms with Crippen molar-refractivity contribution in [1.82, 2.24) is 0 Å². The van der Waals surface area contributed by atoms with Crippen molar-refractivity contribution in [1.29, 1.82) is 0 Å². The summed E-state index contributed by atoms with van der Waals surface area (Å²) in [7, 11) is -5.71. The average molecular weight is 356 g/mol. The molecule has 0 aliphatic rings. The first kappa shape index (κ1) is 20.5. The highest BCUT2D eigenvalue weighted by Gasteiger charge is 2.51. The summed E-state index contributed by atoms with van der Waals surface area (Å²) in [6, 6.07) is 0. The van der Waals surface area contributed by atoms with Crippen LogP contribution in [0, 0.1) is 0 Å². The van der Waals surface area contributed by atoms with E-state index < -0.39 is 44.5 Å². The Bertz CT molecular complexity index is 360. The van der Waals surface area contributed by atoms with E-state index in [9.17, 15) is 44.1 Å². The van der Waals surface area contributed by atoms with E-state index in [0.717, 1.165) is 0 Å². The van der Waals surface area contributed by atoms with Gasteiger partial charge in [0, 0.05) is 0 Å². The third-order valence-electron chi connectivity index (χ3n) is 1.93. The van der Waals surface area contributed by atoms with E-state index in [2.05, 4.69) is 9.05 Å². The fraction of sp³-hybridized carbons (Fsp3) is 1.00. The summed E-state index contributed by atoms with van der Waals surface area (Å²) in [6.07, 6.45) is -24.3. The molecular formula is C8H10F9O3P. The van der Waals surface area contributed by atoms with E-state index in [-0.39, 0.29) is 13.8 Å². The van der Waals surface area contributed by atoms with Gasteiger partial charge in [0.15, 0.2) is 12.2 Å². The van der Waals surface area contributed by atoms with Gasteiger partial charge in [0.1, 0.15) is 6.16 Å². The van der Waals surface area contributed by atoms with Crippen LogP contribution in [0.15, 0.2) is 0 Å². The van der Waals surface area contributed by atoms with Crippen molar-refractivity contribution in [3.05, 3.63) is 0 Å². The molecule has 128 valence electrons. The van der Waals surface area contributed by atoms with Crippen molar-refractivity contribution in [2.75, 3.05) is 6.16 Å². The minimum Gasteiger partial charge on any atom is -0.296 e. The largest absolute Gasteiger partial charge is 0.414 e. The molecule has 0 bridgehead atoms. The predicted molar refractivity (Wildman–Crippen MR) is 51.7 cm³/mol. The van der Waals surface area contributed by atoms with Gasteiger partial charge >= 0.3 is 26.1 Å². The fourth-order valence-electron chi connectivity index (χ4n) is 0.920. The average Bonchev–Trinajstić information content (AvgIpc) is 2.09. The predicted octanol–water partition coefficient (Wildman–Crippen LogP) is 4.68. The Morgan fingerprint density at radius 3 is 1.29 bits per heavy atom. The molecule has 3 nitrogen and oxygen atoms in total. The molecule has 2 unspecified atom stereocenters. The van der Waals surface area contributed by atoms with Crippen LogP contribution >= 0.6 is 7.60 Å². The maximum absolute atomic E-state index is 12.2. The second-order valence-corrected chi connectivity index (χ2v) is 5.92. The first-order chi connectivity index (χ1) is 8.96. The number of alkyl halides is 9. The molecule has 0 saturated heterocycles. The lowest BCUT2D eigenvalue weighted by molar-refractivity contribution is -0.206. The number of rotatable bonds is 5. The summed E-state index contributed by atoms with van der Waals surface area (Å²) in [5, 5.41) is 0. The van der Waals surface area contributed by atoms with Crippen LogP contribution in [0.3, 0.4) is 0 Å². The lowest BCUT2D eigenvalue weighted by Crippen LogP contribution is -2.33. The van der Waals surface area contributed by atoms with Crippen LogP contribution in [0.4, 0.5) is 39.5 Å². The lowest BCUT2D eigenvalue weighted by Gasteiger charge is -2.27. The normalized spacial score (nSPS) is 20.0. The molecule has 0 amide bonds. The molecule has 0 radical (unpaired) electrons. The van der Waals surface area contributed by atoms with Gasteiger partial charge in [0.2, 0.25) is 0 Å². The number of hydrogen-bond donors (Lipinski definition) is 0. The molecule has 0 aromatic carbocycles. The summed E-state index contributed by atoms with van der Waals surface area (Å²) in [4.78, 5) is 0. The molecule has 0 aromatic rings. The second-order valence-electron chi connectivity index (χ2n) is 3.96. The third kappa shape index (κ3) is 7.91. The Hall–Kier alpha value is -0.480. The lowest BCUT2D eigenvalue weighted by atomic mass is 10.4. The summed E-state index contributed by atoms with van der Waals surface area (Å²) < 4.78 is 128. The quantitative estimate of drug-likeness (QED) is 0.530. The van der Waals surface area contributed by atoms with E-state index in [1.54, 1.807) is 0 Å². The molecule has 0 fully saturated rings. The van der Waals surface area contributed by atoms with Crippen LogP contribution in [-0.4, -0.2) is 36.9 Å². The first-order valence-corrected chi connectivity index (χ1v) is 6.85. The molecule has 0 heterocycles. The Balaban J connectivity index is 5.26. The van der Waals surface area contributed by atoms with Crippen LogP contribution in [0.2, 0.25) is 0 Å². The summed E-state index contributed by atoms with van der Waals surface area (Å²) in [5.41, 5.74) is 0. The Labute approximate surface area is 112 Å². The van der Waals surface area contributed by atoms with Crippen molar-refractivity contribution in [3.63, 3.8) is 0 Å². The van der Waals surface area contributed by atoms with Gasteiger partial charge in [0.25, 0.3) is 0 Å². The monoisotopic (exact) mass is 356 g/mol. The number of hydrogen-bond acceptors (Lipinski definition) is 3. The Morgan fingerprint density at radius 2 is 1.10 bits per heavy atom. The molecule has 0 rings (SSSR count). The molecule has 0 aliphatic carbocycles. The van der Waals surface area contributed by atoms with Crippen LogP contribution < -0.4 is 0 Å². The standard InChI is InChI=1S/C8H10F9O3P/c1-4(7(12,13)14)19-21(18,3-6(9,10)11)20-5(2)8(15,16)17/h4-5H,3H2,1-2H3. The van der Waals surface area contributed by atoms with Crippen LogP contribution in [0.1, 0.15) is 13.8 Å². The van der Waals surface area contributed by atoms with Crippen molar-refractivity contribution in [2.24, 2.45) is 0 Å². The zero-order valence-corrected chi connectivity index (χ0v) is 11.3. The topological polar surface area (TPSA) is 35.5 Å². The summed E-state index contributed by atoms with van der Waals surface area (Å²) in [5.74, 6) is 0. The van der Waals surface area contributed by atoms with Gasteiger partial charge < -0.3 is 0 Å². The zero-order valence-electron chi connectivity index (χ0n) is 10.4. The van der Waals surface area contributed by atoms with Crippen LogP contribution in [0.5, 0.6) is 0 Å².